The lowest BCUT2D eigenvalue weighted by Crippen LogP contribution is -1.99. The van der Waals surface area contributed by atoms with E-state index in [1.54, 1.807) is 28.2 Å². The molecule has 0 aliphatic carbocycles. The number of unbranched alkanes of at least 4 members (excludes halogenated alkanes) is 1. The van der Waals surface area contributed by atoms with Crippen LogP contribution in [0.15, 0.2) is 11.7 Å². The maximum absolute atomic E-state index is 4.11. The molecule has 2 rings (SSSR count). The average molecular weight is 240 g/mol. The molecule has 0 bridgehead atoms. The molecular formula is C9H12N4S2. The molecule has 0 unspecified atom stereocenters. The van der Waals surface area contributed by atoms with Crippen LogP contribution in [-0.4, -0.2) is 21.7 Å². The molecular weight excluding hydrogens is 228 g/mol. The zero-order valence-corrected chi connectivity index (χ0v) is 10.1. The fraction of sp³-hybridized carbons (Fsp3) is 0.444. The van der Waals surface area contributed by atoms with Crippen molar-refractivity contribution in [3.63, 3.8) is 0 Å². The Bertz CT molecular complexity index is 396. The van der Waals surface area contributed by atoms with Crippen LogP contribution in [0.4, 0.5) is 5.13 Å². The minimum Gasteiger partial charge on any atom is -0.360 e. The van der Waals surface area contributed by atoms with Crippen LogP contribution in [0, 0.1) is 0 Å². The van der Waals surface area contributed by atoms with Gasteiger partial charge in [-0.1, -0.05) is 24.7 Å². The molecule has 0 radical (unpaired) electrons. The molecule has 2 aromatic rings. The van der Waals surface area contributed by atoms with Crippen molar-refractivity contribution in [3.8, 4) is 9.88 Å². The Morgan fingerprint density at radius 2 is 2.33 bits per heavy atom. The van der Waals surface area contributed by atoms with E-state index < -0.39 is 0 Å². The van der Waals surface area contributed by atoms with Gasteiger partial charge in [0.25, 0.3) is 0 Å². The minimum absolute atomic E-state index is 0.895. The highest BCUT2D eigenvalue weighted by Gasteiger charge is 2.06. The van der Waals surface area contributed by atoms with Crippen LogP contribution in [0.5, 0.6) is 0 Å². The molecule has 0 amide bonds. The fourth-order valence-corrected chi connectivity index (χ4v) is 2.53. The second-order valence-electron chi connectivity index (χ2n) is 3.06. The predicted molar refractivity (Wildman–Crippen MR) is 64.4 cm³/mol. The van der Waals surface area contributed by atoms with Gasteiger partial charge in [0.1, 0.15) is 0 Å². The molecule has 15 heavy (non-hydrogen) atoms. The largest absolute Gasteiger partial charge is 0.360 e. The number of nitrogens with zero attached hydrogens (tertiary/aromatic N) is 3. The van der Waals surface area contributed by atoms with E-state index in [0.29, 0.717) is 0 Å². The Labute approximate surface area is 96.4 Å². The van der Waals surface area contributed by atoms with Crippen LogP contribution in [0.2, 0.25) is 0 Å². The Balaban J connectivity index is 1.98. The summed E-state index contributed by atoms with van der Waals surface area (Å²) in [5.41, 5.74) is 1.81. The topological polar surface area (TPSA) is 50.7 Å². The SMILES string of the molecule is CCCCNc1nnc(-c2cncs2)s1. The second kappa shape index (κ2) is 5.18. The third-order valence-corrected chi connectivity index (χ3v) is 3.70. The molecule has 2 heterocycles. The van der Waals surface area contributed by atoms with Crippen LogP contribution in [0.25, 0.3) is 9.88 Å². The summed E-state index contributed by atoms with van der Waals surface area (Å²) < 4.78 is 0. The Hall–Kier alpha value is -1.01. The Kier molecular flexibility index (Phi) is 3.63. The van der Waals surface area contributed by atoms with Gasteiger partial charge in [-0.05, 0) is 6.42 Å². The van der Waals surface area contributed by atoms with Crippen LogP contribution in [-0.2, 0) is 0 Å². The van der Waals surface area contributed by atoms with Gasteiger partial charge in [0, 0.05) is 12.7 Å². The predicted octanol–water partition coefficient (Wildman–Crippen LogP) is 2.87. The normalized spacial score (nSPS) is 10.5. The summed E-state index contributed by atoms with van der Waals surface area (Å²) in [4.78, 5) is 5.10. The molecule has 80 valence electrons. The highest BCUT2D eigenvalue weighted by atomic mass is 32.1. The summed E-state index contributed by atoms with van der Waals surface area (Å²) in [6.07, 6.45) is 4.17. The first-order valence-electron chi connectivity index (χ1n) is 4.86. The highest BCUT2D eigenvalue weighted by molar-refractivity contribution is 7.22. The first kappa shape index (κ1) is 10.5. The molecule has 0 fully saturated rings. The van der Waals surface area contributed by atoms with Gasteiger partial charge in [-0.2, -0.15) is 0 Å². The third kappa shape index (κ3) is 2.73. The van der Waals surface area contributed by atoms with Crippen LogP contribution in [0.3, 0.4) is 0 Å². The quantitative estimate of drug-likeness (QED) is 0.816. The van der Waals surface area contributed by atoms with Crippen molar-refractivity contribution in [1.82, 2.24) is 15.2 Å². The number of rotatable bonds is 5. The fourth-order valence-electron chi connectivity index (χ4n) is 1.09. The van der Waals surface area contributed by atoms with Crippen molar-refractivity contribution in [2.24, 2.45) is 0 Å². The number of hydrogen-bond donors (Lipinski definition) is 1. The van der Waals surface area contributed by atoms with Gasteiger partial charge in [-0.25, -0.2) is 0 Å². The monoisotopic (exact) mass is 240 g/mol. The zero-order chi connectivity index (χ0) is 10.5. The molecule has 6 heteroatoms. The number of nitrogens with one attached hydrogen (secondary N) is 1. The minimum atomic E-state index is 0.895. The first-order valence-corrected chi connectivity index (χ1v) is 6.56. The summed E-state index contributed by atoms with van der Waals surface area (Å²) in [5, 5.41) is 13.3. The van der Waals surface area contributed by atoms with Gasteiger partial charge in [0.2, 0.25) is 5.13 Å². The lowest BCUT2D eigenvalue weighted by molar-refractivity contribution is 0.831. The molecule has 1 N–H and O–H groups in total. The molecule has 0 aromatic carbocycles. The standard InChI is InChI=1S/C9H12N4S2/c1-2-3-4-11-9-13-12-8(15-9)7-5-10-6-14-7/h5-6H,2-4H2,1H3,(H,11,13). The van der Waals surface area contributed by atoms with Crippen LogP contribution < -0.4 is 5.32 Å². The lowest BCUT2D eigenvalue weighted by atomic mass is 10.3. The highest BCUT2D eigenvalue weighted by Crippen LogP contribution is 2.28. The van der Waals surface area contributed by atoms with Gasteiger partial charge < -0.3 is 5.32 Å². The van der Waals surface area contributed by atoms with Gasteiger partial charge in [0.15, 0.2) is 5.01 Å². The Morgan fingerprint density at radius 3 is 3.07 bits per heavy atom. The Morgan fingerprint density at radius 1 is 1.40 bits per heavy atom. The average Bonchev–Trinajstić information content (AvgIpc) is 2.87. The van der Waals surface area contributed by atoms with Crippen molar-refractivity contribution >= 4 is 27.8 Å². The van der Waals surface area contributed by atoms with Crippen molar-refractivity contribution in [2.75, 3.05) is 11.9 Å². The van der Waals surface area contributed by atoms with E-state index >= 15 is 0 Å². The van der Waals surface area contributed by atoms with E-state index in [1.807, 2.05) is 6.20 Å². The summed E-state index contributed by atoms with van der Waals surface area (Å²) in [6.45, 7) is 3.14. The van der Waals surface area contributed by atoms with Crippen molar-refractivity contribution < 1.29 is 0 Å². The molecule has 0 aliphatic heterocycles. The summed E-state index contributed by atoms with van der Waals surface area (Å²) in [7, 11) is 0. The van der Waals surface area contributed by atoms with E-state index in [1.165, 1.54) is 6.42 Å². The smallest absolute Gasteiger partial charge is 0.206 e. The van der Waals surface area contributed by atoms with Gasteiger partial charge >= 0.3 is 0 Å². The molecule has 0 saturated heterocycles. The second-order valence-corrected chi connectivity index (χ2v) is 4.92. The maximum Gasteiger partial charge on any atom is 0.206 e. The number of hydrogen-bond acceptors (Lipinski definition) is 6. The summed E-state index contributed by atoms with van der Waals surface area (Å²) in [6, 6.07) is 0. The molecule has 2 aromatic heterocycles. The van der Waals surface area contributed by atoms with E-state index in [9.17, 15) is 0 Å². The van der Waals surface area contributed by atoms with E-state index in [0.717, 1.165) is 28.0 Å². The first-order chi connectivity index (χ1) is 7.40. The van der Waals surface area contributed by atoms with Crippen molar-refractivity contribution in [1.29, 1.82) is 0 Å². The summed E-state index contributed by atoms with van der Waals surface area (Å²) >= 11 is 3.16. The molecule has 0 saturated carbocycles. The molecule has 4 nitrogen and oxygen atoms in total. The third-order valence-electron chi connectivity index (χ3n) is 1.87. The van der Waals surface area contributed by atoms with Crippen LogP contribution in [0.1, 0.15) is 19.8 Å². The molecule has 0 spiro atoms. The molecule has 0 atom stereocenters. The van der Waals surface area contributed by atoms with E-state index in [-0.39, 0.29) is 0 Å². The number of thiazole rings is 1. The van der Waals surface area contributed by atoms with E-state index in [4.69, 9.17) is 0 Å². The lowest BCUT2D eigenvalue weighted by Gasteiger charge is -1.97. The maximum atomic E-state index is 4.11. The van der Waals surface area contributed by atoms with Gasteiger partial charge in [-0.15, -0.1) is 21.5 Å². The van der Waals surface area contributed by atoms with Gasteiger partial charge in [-0.3, -0.25) is 4.98 Å². The molecule has 0 aliphatic rings. The van der Waals surface area contributed by atoms with Crippen LogP contribution >= 0.6 is 22.7 Å². The van der Waals surface area contributed by atoms with Gasteiger partial charge in [0.05, 0.1) is 10.4 Å². The zero-order valence-electron chi connectivity index (χ0n) is 8.43. The number of aromatic nitrogens is 3. The van der Waals surface area contributed by atoms with Crippen molar-refractivity contribution in [2.45, 2.75) is 19.8 Å². The van der Waals surface area contributed by atoms with E-state index in [2.05, 4.69) is 27.4 Å². The summed E-state index contributed by atoms with van der Waals surface area (Å²) in [5.74, 6) is 0. The number of anilines is 1. The van der Waals surface area contributed by atoms with Crippen molar-refractivity contribution in [3.05, 3.63) is 11.7 Å².